The number of rotatable bonds is 6. The molecule has 2 rings (SSSR count). The Balaban J connectivity index is 1.96. The molecule has 0 atom stereocenters. The van der Waals surface area contributed by atoms with Gasteiger partial charge in [-0.2, -0.15) is 5.26 Å². The largest absolute Gasteiger partial charge is 0.478 e. The van der Waals surface area contributed by atoms with E-state index in [9.17, 15) is 9.59 Å². The fourth-order valence-corrected chi connectivity index (χ4v) is 1.89. The van der Waals surface area contributed by atoms with E-state index >= 15 is 0 Å². The van der Waals surface area contributed by atoms with Crippen LogP contribution in [0.5, 0.6) is 0 Å². The first-order valence-electron chi connectivity index (χ1n) is 7.12. The molecule has 2 aromatic carbocycles. The lowest BCUT2D eigenvalue weighted by atomic mass is 10.2. The Bertz CT molecular complexity index is 791. The number of carbonyl (C=O) groups excluding carboxylic acids is 1. The third kappa shape index (κ3) is 4.71. The fraction of sp³-hybridized carbons (Fsp3) is 0.0556. The summed E-state index contributed by atoms with van der Waals surface area (Å²) in [5, 5.41) is 23.4. The third-order valence-corrected chi connectivity index (χ3v) is 3.18. The second-order valence-corrected chi connectivity index (χ2v) is 4.86. The summed E-state index contributed by atoms with van der Waals surface area (Å²) < 4.78 is 0. The van der Waals surface area contributed by atoms with Gasteiger partial charge in [-0.15, -0.1) is 0 Å². The van der Waals surface area contributed by atoms with E-state index in [0.717, 1.165) is 5.56 Å². The molecule has 3 N–H and O–H groups in total. The number of hydrogen-bond donors (Lipinski definition) is 3. The summed E-state index contributed by atoms with van der Waals surface area (Å²) in [4.78, 5) is 22.8. The van der Waals surface area contributed by atoms with Crippen LogP contribution in [0.2, 0.25) is 0 Å². The number of hydrogen-bond acceptors (Lipinski definition) is 4. The van der Waals surface area contributed by atoms with Crippen LogP contribution in [0.3, 0.4) is 0 Å². The van der Waals surface area contributed by atoms with Gasteiger partial charge in [0, 0.05) is 18.4 Å². The van der Waals surface area contributed by atoms with Crippen LogP contribution in [0.1, 0.15) is 15.9 Å². The lowest BCUT2D eigenvalue weighted by Gasteiger charge is -2.05. The van der Waals surface area contributed by atoms with Crippen LogP contribution in [0.15, 0.2) is 66.4 Å². The SMILES string of the molecule is N#C/C(=C/Nc1ccc(C(=O)O)cc1)C(=O)NCc1ccccc1. The molecule has 0 spiro atoms. The van der Waals surface area contributed by atoms with Gasteiger partial charge in [0.15, 0.2) is 0 Å². The smallest absolute Gasteiger partial charge is 0.335 e. The predicted molar refractivity (Wildman–Crippen MR) is 89.0 cm³/mol. The van der Waals surface area contributed by atoms with E-state index in [0.29, 0.717) is 12.2 Å². The number of amides is 1. The van der Waals surface area contributed by atoms with Crippen molar-refractivity contribution in [1.29, 1.82) is 5.26 Å². The van der Waals surface area contributed by atoms with Gasteiger partial charge < -0.3 is 15.7 Å². The summed E-state index contributed by atoms with van der Waals surface area (Å²) >= 11 is 0. The Kier molecular flexibility index (Phi) is 5.70. The standard InChI is InChI=1S/C18H15N3O3/c19-10-15(17(22)21-11-13-4-2-1-3-5-13)12-20-16-8-6-14(7-9-16)18(23)24/h1-9,12,20H,11H2,(H,21,22)(H,23,24)/b15-12-. The first-order chi connectivity index (χ1) is 11.6. The van der Waals surface area contributed by atoms with Gasteiger partial charge in [-0.3, -0.25) is 4.79 Å². The van der Waals surface area contributed by atoms with E-state index in [1.54, 1.807) is 12.1 Å². The average Bonchev–Trinajstić information content (AvgIpc) is 2.61. The number of carboxylic acid groups (broad SMARTS) is 1. The summed E-state index contributed by atoms with van der Waals surface area (Å²) in [6.45, 7) is 0.325. The Labute approximate surface area is 139 Å². The van der Waals surface area contributed by atoms with Gasteiger partial charge in [-0.05, 0) is 29.8 Å². The number of carboxylic acids is 1. The lowest BCUT2D eigenvalue weighted by molar-refractivity contribution is -0.117. The zero-order valence-electron chi connectivity index (χ0n) is 12.7. The van der Waals surface area contributed by atoms with Crippen molar-refractivity contribution in [3.8, 4) is 6.07 Å². The summed E-state index contributed by atoms with van der Waals surface area (Å²) in [7, 11) is 0. The molecule has 0 aliphatic rings. The molecule has 6 nitrogen and oxygen atoms in total. The van der Waals surface area contributed by atoms with E-state index in [4.69, 9.17) is 10.4 Å². The van der Waals surface area contributed by atoms with Crippen LogP contribution in [-0.2, 0) is 11.3 Å². The molecule has 24 heavy (non-hydrogen) atoms. The second kappa shape index (κ2) is 8.15. The highest BCUT2D eigenvalue weighted by atomic mass is 16.4. The first kappa shape index (κ1) is 16.8. The topological polar surface area (TPSA) is 102 Å². The minimum atomic E-state index is -1.02. The van der Waals surface area contributed by atoms with Crippen LogP contribution in [0.4, 0.5) is 5.69 Å². The molecule has 0 saturated heterocycles. The van der Waals surface area contributed by atoms with Crippen molar-refractivity contribution < 1.29 is 14.7 Å². The van der Waals surface area contributed by atoms with Gasteiger partial charge >= 0.3 is 5.97 Å². The van der Waals surface area contributed by atoms with E-state index < -0.39 is 11.9 Å². The number of nitrogens with zero attached hydrogens (tertiary/aromatic N) is 1. The third-order valence-electron chi connectivity index (χ3n) is 3.18. The van der Waals surface area contributed by atoms with Gasteiger partial charge in [0.2, 0.25) is 0 Å². The highest BCUT2D eigenvalue weighted by molar-refractivity contribution is 5.97. The van der Waals surface area contributed by atoms with Crippen LogP contribution >= 0.6 is 0 Å². The minimum absolute atomic E-state index is 0.0757. The average molecular weight is 321 g/mol. The molecule has 0 unspecified atom stereocenters. The first-order valence-corrected chi connectivity index (χ1v) is 7.12. The van der Waals surface area contributed by atoms with E-state index in [-0.39, 0.29) is 11.1 Å². The van der Waals surface area contributed by atoms with Crippen molar-refractivity contribution in [3.05, 3.63) is 77.5 Å². The highest BCUT2D eigenvalue weighted by Crippen LogP contribution is 2.10. The number of nitriles is 1. The van der Waals surface area contributed by atoms with Crippen molar-refractivity contribution in [1.82, 2.24) is 5.32 Å². The molecule has 0 radical (unpaired) electrons. The zero-order chi connectivity index (χ0) is 17.4. The van der Waals surface area contributed by atoms with Crippen LogP contribution in [0.25, 0.3) is 0 Å². The van der Waals surface area contributed by atoms with Gasteiger partial charge in [-0.25, -0.2) is 4.79 Å². The Morgan fingerprint density at radius 2 is 1.75 bits per heavy atom. The molecular formula is C18H15N3O3. The molecule has 0 aliphatic heterocycles. The minimum Gasteiger partial charge on any atom is -0.478 e. The van der Waals surface area contributed by atoms with Gasteiger partial charge in [0.25, 0.3) is 5.91 Å². The molecule has 2 aromatic rings. The summed E-state index contributed by atoms with van der Waals surface area (Å²) in [5.74, 6) is -1.51. The molecule has 0 aromatic heterocycles. The van der Waals surface area contributed by atoms with Crippen LogP contribution in [-0.4, -0.2) is 17.0 Å². The monoisotopic (exact) mass is 321 g/mol. The van der Waals surface area contributed by atoms with E-state index in [2.05, 4.69) is 10.6 Å². The molecule has 6 heteroatoms. The molecule has 0 saturated carbocycles. The van der Waals surface area contributed by atoms with Crippen molar-refractivity contribution in [3.63, 3.8) is 0 Å². The number of carbonyl (C=O) groups is 2. The Morgan fingerprint density at radius 1 is 1.08 bits per heavy atom. The van der Waals surface area contributed by atoms with E-state index in [1.807, 2.05) is 36.4 Å². The van der Waals surface area contributed by atoms with Crippen molar-refractivity contribution >= 4 is 17.6 Å². The Hall–Kier alpha value is -3.59. The number of benzene rings is 2. The van der Waals surface area contributed by atoms with Crippen LogP contribution in [0, 0.1) is 11.3 Å². The quantitative estimate of drug-likeness (QED) is 0.560. The maximum atomic E-state index is 12.0. The molecule has 0 heterocycles. The number of nitrogens with one attached hydrogen (secondary N) is 2. The Morgan fingerprint density at radius 3 is 2.33 bits per heavy atom. The molecule has 0 aliphatic carbocycles. The second-order valence-electron chi connectivity index (χ2n) is 4.86. The lowest BCUT2D eigenvalue weighted by Crippen LogP contribution is -2.24. The van der Waals surface area contributed by atoms with E-state index in [1.165, 1.54) is 18.3 Å². The van der Waals surface area contributed by atoms with Gasteiger partial charge in [-0.1, -0.05) is 30.3 Å². The zero-order valence-corrected chi connectivity index (χ0v) is 12.7. The predicted octanol–water partition coefficient (Wildman–Crippen LogP) is 2.52. The molecule has 0 fully saturated rings. The summed E-state index contributed by atoms with van der Waals surface area (Å²) in [5.41, 5.74) is 1.59. The van der Waals surface area contributed by atoms with Crippen LogP contribution < -0.4 is 10.6 Å². The van der Waals surface area contributed by atoms with Crippen molar-refractivity contribution in [2.75, 3.05) is 5.32 Å². The number of anilines is 1. The van der Waals surface area contributed by atoms with Gasteiger partial charge in [0.1, 0.15) is 11.6 Å². The molecule has 1 amide bonds. The summed E-state index contributed by atoms with van der Waals surface area (Å²) in [6.07, 6.45) is 1.29. The fourth-order valence-electron chi connectivity index (χ4n) is 1.89. The maximum Gasteiger partial charge on any atom is 0.335 e. The molecule has 0 bridgehead atoms. The van der Waals surface area contributed by atoms with Gasteiger partial charge in [0.05, 0.1) is 5.56 Å². The van der Waals surface area contributed by atoms with Crippen molar-refractivity contribution in [2.45, 2.75) is 6.54 Å². The highest BCUT2D eigenvalue weighted by Gasteiger charge is 2.08. The van der Waals surface area contributed by atoms with Crippen molar-refractivity contribution in [2.24, 2.45) is 0 Å². The number of aromatic carboxylic acids is 1. The normalized spacial score (nSPS) is 10.5. The molecular weight excluding hydrogens is 306 g/mol. The summed E-state index contributed by atoms with van der Waals surface area (Å²) in [6, 6.07) is 17.2. The maximum absolute atomic E-state index is 12.0. The molecule has 120 valence electrons.